The summed E-state index contributed by atoms with van der Waals surface area (Å²) in [6, 6.07) is 2.43. The van der Waals surface area contributed by atoms with Gasteiger partial charge in [0.2, 0.25) is 17.7 Å². The summed E-state index contributed by atoms with van der Waals surface area (Å²) in [5.41, 5.74) is 12.8. The Bertz CT molecular complexity index is 1850. The number of hydrogen-bond donors (Lipinski definition) is 6. The zero-order valence-electron chi connectivity index (χ0n) is 33.0. The van der Waals surface area contributed by atoms with E-state index in [2.05, 4.69) is 39.0 Å². The number of carbonyl (C=O) groups is 6. The van der Waals surface area contributed by atoms with Crippen LogP contribution in [0.3, 0.4) is 0 Å². The maximum Gasteiger partial charge on any atom is 0.415 e. The molecule has 2 bridgehead atoms. The van der Waals surface area contributed by atoms with E-state index in [0.717, 1.165) is 24.9 Å². The van der Waals surface area contributed by atoms with Gasteiger partial charge in [-0.15, -0.1) is 0 Å². The minimum absolute atomic E-state index is 0.0103. The molecule has 6 rings (SSSR count). The Hall–Kier alpha value is -5.79. The number of likely N-dealkylation sites (N-methyl/N-ethyl adjacent to an activating group) is 1. The molecule has 3 heterocycles. The van der Waals surface area contributed by atoms with Gasteiger partial charge in [-0.2, -0.15) is 0 Å². The number of rotatable bonds is 15. The normalized spacial score (nSPS) is 24.5. The molecule has 1 aromatic carbocycles. The lowest BCUT2D eigenvalue weighted by Gasteiger charge is -2.56. The van der Waals surface area contributed by atoms with Crippen LogP contribution in [0.25, 0.3) is 0 Å². The number of carboxylic acid groups (broad SMARTS) is 1. The van der Waals surface area contributed by atoms with Crippen LogP contribution in [0.15, 0.2) is 29.0 Å². The fourth-order valence-electron chi connectivity index (χ4n) is 9.11. The molecule has 5 amide bonds. The molecule has 0 aromatic heterocycles. The van der Waals surface area contributed by atoms with Crippen molar-refractivity contribution in [3.05, 3.63) is 35.1 Å². The Kier molecular flexibility index (Phi) is 12.8. The molecule has 20 nitrogen and oxygen atoms in total. The smallest absolute Gasteiger partial charge is 0.415 e. The van der Waals surface area contributed by atoms with E-state index >= 15 is 0 Å². The Labute approximate surface area is 335 Å². The molecule has 2 saturated heterocycles. The van der Waals surface area contributed by atoms with Gasteiger partial charge >= 0.3 is 18.2 Å². The average molecular weight is 812 g/mol. The van der Waals surface area contributed by atoms with Gasteiger partial charge in [-0.1, -0.05) is 6.07 Å². The second kappa shape index (κ2) is 17.8. The maximum absolute atomic E-state index is 14.3. The van der Waals surface area contributed by atoms with E-state index in [9.17, 15) is 28.8 Å². The van der Waals surface area contributed by atoms with Gasteiger partial charge in [-0.3, -0.25) is 29.1 Å². The number of guanidine groups is 1. The number of carboxylic acids is 1. The molecule has 58 heavy (non-hydrogen) atoms. The summed E-state index contributed by atoms with van der Waals surface area (Å²) in [5, 5.41) is 16.4. The molecule has 3 aliphatic heterocycles. The highest BCUT2D eigenvalue weighted by atomic mass is 16.6. The molecule has 6 atom stereocenters. The zero-order valence-corrected chi connectivity index (χ0v) is 33.0. The summed E-state index contributed by atoms with van der Waals surface area (Å²) >= 11 is 0. The predicted molar refractivity (Wildman–Crippen MR) is 206 cm³/mol. The number of aliphatic imine (C=N–C) groups is 1. The number of hydrogen-bond acceptors (Lipinski definition) is 12. The summed E-state index contributed by atoms with van der Waals surface area (Å²) in [6.45, 7) is 2.37. The molecule has 2 aliphatic carbocycles. The number of nitrogens with one attached hydrogen (secondary N) is 3. The summed E-state index contributed by atoms with van der Waals surface area (Å²) < 4.78 is 24.0. The number of aliphatic carboxylic acids is 1. The van der Waals surface area contributed by atoms with E-state index in [1.54, 1.807) is 14.0 Å². The lowest BCUT2D eigenvalue weighted by Crippen LogP contribution is -2.64. The van der Waals surface area contributed by atoms with Crippen molar-refractivity contribution < 1.29 is 52.8 Å². The number of benzene rings is 1. The number of piperazine rings is 1. The van der Waals surface area contributed by atoms with Crippen LogP contribution in [0.4, 0.5) is 9.59 Å². The van der Waals surface area contributed by atoms with Gasteiger partial charge < -0.3 is 61.3 Å². The lowest BCUT2D eigenvalue weighted by molar-refractivity contribution is -0.141. The molecular weight excluding hydrogens is 758 g/mol. The summed E-state index contributed by atoms with van der Waals surface area (Å²) in [6.07, 6.45) is 2.07. The number of nitrogens with two attached hydrogens (primary N) is 2. The quantitative estimate of drug-likeness (QED) is 0.0558. The van der Waals surface area contributed by atoms with Crippen LogP contribution in [-0.2, 0) is 40.5 Å². The predicted octanol–water partition coefficient (Wildman–Crippen LogP) is -0.617. The molecule has 316 valence electrons. The molecule has 2 fully saturated rings. The number of methoxy groups -OCH3 is 1. The number of ether oxygens (including phenoxy) is 4. The van der Waals surface area contributed by atoms with E-state index in [1.807, 2.05) is 12.1 Å². The van der Waals surface area contributed by atoms with E-state index < -0.39 is 72.4 Å². The van der Waals surface area contributed by atoms with Gasteiger partial charge in [0, 0.05) is 49.7 Å². The lowest BCUT2D eigenvalue weighted by atomic mass is 9.53. The van der Waals surface area contributed by atoms with Gasteiger partial charge in [0.05, 0.1) is 26.3 Å². The molecular formula is C38H53N9O11. The van der Waals surface area contributed by atoms with Crippen LogP contribution in [0, 0.1) is 5.92 Å². The number of piperidine rings is 1. The SMILES string of the molecule is CCOC(=O)N1CCN(C(=O)OC2=CCC3C4Cc5ccc(OC)c6c5C3(CCN4C)C2O6)C(CNC(=O)C(CCCN=C(N)N)NC(=O)CNC(=O)CC(=O)O)C1. The molecule has 5 aliphatic rings. The number of carbonyl (C=O) groups excluding carboxylic acids is 5. The number of allylic oxidation sites excluding steroid dienone is 1. The second-order valence-electron chi connectivity index (χ2n) is 15.1. The fourth-order valence-corrected chi connectivity index (χ4v) is 9.11. The number of amides is 5. The standard InChI is InChI=1S/C38H53N9O11/c1-4-56-36(53)46-14-15-47(22(20-46)18-43-34(52)24(6-5-12-41-35(39)40)44-29(49)19-42-28(48)17-30(50)51)37(54)57-27-10-8-23-25-16-21-7-9-26(55-3)32-31(21)38(23,33(27)58-32)11-13-45(25)2/h7,9-10,22-25,33H,4-6,8,11-20H2,1-3H3,(H,42,48)(H,43,52)(H,44,49)(H,50,51)(H4,39,40,41). The first-order valence-electron chi connectivity index (χ1n) is 19.6. The van der Waals surface area contributed by atoms with Gasteiger partial charge in [-0.05, 0) is 76.2 Å². The molecule has 1 spiro atoms. The summed E-state index contributed by atoms with van der Waals surface area (Å²) in [5.74, 6) is -1.78. The van der Waals surface area contributed by atoms with Crippen molar-refractivity contribution in [3.8, 4) is 11.5 Å². The zero-order chi connectivity index (χ0) is 41.7. The van der Waals surface area contributed by atoms with Gasteiger partial charge in [0.1, 0.15) is 18.2 Å². The largest absolute Gasteiger partial charge is 0.493 e. The highest BCUT2D eigenvalue weighted by Crippen LogP contribution is 2.63. The Morgan fingerprint density at radius 3 is 2.60 bits per heavy atom. The number of likely N-dealkylation sites (tertiary alicyclic amines) is 1. The van der Waals surface area contributed by atoms with Crippen LogP contribution in [0.5, 0.6) is 11.5 Å². The van der Waals surface area contributed by atoms with Crippen molar-refractivity contribution in [1.82, 2.24) is 30.7 Å². The van der Waals surface area contributed by atoms with E-state index in [4.69, 9.17) is 35.5 Å². The molecule has 20 heteroatoms. The van der Waals surface area contributed by atoms with E-state index in [-0.39, 0.29) is 64.0 Å². The molecule has 1 aromatic rings. The molecule has 0 radical (unpaired) electrons. The van der Waals surface area contributed by atoms with Crippen molar-refractivity contribution in [3.63, 3.8) is 0 Å². The first-order valence-corrected chi connectivity index (χ1v) is 19.6. The van der Waals surface area contributed by atoms with Crippen molar-refractivity contribution in [2.24, 2.45) is 22.4 Å². The summed E-state index contributed by atoms with van der Waals surface area (Å²) in [4.78, 5) is 85.4. The first kappa shape index (κ1) is 41.8. The Morgan fingerprint density at radius 2 is 1.88 bits per heavy atom. The maximum atomic E-state index is 14.3. The molecule has 6 unspecified atom stereocenters. The van der Waals surface area contributed by atoms with E-state index in [1.165, 1.54) is 15.4 Å². The third kappa shape index (κ3) is 8.56. The second-order valence-corrected chi connectivity index (χ2v) is 15.1. The minimum atomic E-state index is -1.36. The van der Waals surface area contributed by atoms with Crippen LogP contribution in [-0.4, -0.2) is 152 Å². The van der Waals surface area contributed by atoms with Crippen LogP contribution in [0.1, 0.15) is 50.2 Å². The Balaban J connectivity index is 1.18. The third-order valence-electron chi connectivity index (χ3n) is 11.7. The molecule has 8 N–H and O–H groups in total. The third-order valence-corrected chi connectivity index (χ3v) is 11.7. The van der Waals surface area contributed by atoms with Gasteiger partial charge in [0.15, 0.2) is 23.6 Å². The van der Waals surface area contributed by atoms with Crippen molar-refractivity contribution in [2.45, 2.75) is 75.1 Å². The van der Waals surface area contributed by atoms with Crippen molar-refractivity contribution >= 4 is 41.8 Å². The topological polar surface area (TPSA) is 270 Å². The Morgan fingerprint density at radius 1 is 1.09 bits per heavy atom. The van der Waals surface area contributed by atoms with Crippen molar-refractivity contribution in [2.75, 3.05) is 66.6 Å². The van der Waals surface area contributed by atoms with Crippen LogP contribution < -0.4 is 36.9 Å². The van der Waals surface area contributed by atoms with Crippen LogP contribution >= 0.6 is 0 Å². The number of nitrogens with zero attached hydrogens (tertiary/aromatic N) is 4. The first-order chi connectivity index (χ1) is 27.8. The molecule has 0 saturated carbocycles. The van der Waals surface area contributed by atoms with Gasteiger partial charge in [0.25, 0.3) is 0 Å². The average Bonchev–Trinajstić information content (AvgIpc) is 3.54. The van der Waals surface area contributed by atoms with E-state index in [0.29, 0.717) is 29.7 Å². The monoisotopic (exact) mass is 811 g/mol. The van der Waals surface area contributed by atoms with Gasteiger partial charge in [-0.25, -0.2) is 9.59 Å². The summed E-state index contributed by atoms with van der Waals surface area (Å²) in [7, 11) is 3.76. The highest BCUT2D eigenvalue weighted by Gasteiger charge is 2.65. The minimum Gasteiger partial charge on any atom is -0.493 e. The highest BCUT2D eigenvalue weighted by molar-refractivity contribution is 5.95. The fraction of sp³-hybridized carbons (Fsp3) is 0.605. The van der Waals surface area contributed by atoms with Crippen molar-refractivity contribution in [1.29, 1.82) is 0 Å². The van der Waals surface area contributed by atoms with Crippen LogP contribution in [0.2, 0.25) is 0 Å².